The van der Waals surface area contributed by atoms with Gasteiger partial charge in [0, 0.05) is 31.0 Å². The summed E-state index contributed by atoms with van der Waals surface area (Å²) in [4.78, 5) is 45.7. The lowest BCUT2D eigenvalue weighted by Crippen LogP contribution is -2.57. The minimum absolute atomic E-state index is 0.0269. The van der Waals surface area contributed by atoms with E-state index in [1.165, 1.54) is 6.42 Å². The minimum atomic E-state index is -0.573. The third-order valence-corrected chi connectivity index (χ3v) is 11.0. The molecular weight excluding hydrogens is 500 g/mol. The number of ether oxygens (including phenoxy) is 1. The van der Waals surface area contributed by atoms with Gasteiger partial charge in [-0.3, -0.25) is 14.4 Å². The molecule has 8 heteroatoms. The number of esters is 1. The van der Waals surface area contributed by atoms with E-state index in [0.29, 0.717) is 26.1 Å². The Hall–Kier alpha value is -1.80. The average Bonchev–Trinajstić information content (AvgIpc) is 3.57. The summed E-state index contributed by atoms with van der Waals surface area (Å²) in [5, 5.41) is 9.27. The van der Waals surface area contributed by atoms with Crippen molar-refractivity contribution in [2.45, 2.75) is 106 Å². The molecule has 1 N–H and O–H groups in total. The zero-order valence-corrected chi connectivity index (χ0v) is 23.7. The highest BCUT2D eigenvalue weighted by molar-refractivity contribution is 8.02. The first-order valence-electron chi connectivity index (χ1n) is 14.8. The number of carbonyl (C=O) groups is 3. The number of thioether (sulfide) groups is 1. The molecule has 1 spiro atoms. The van der Waals surface area contributed by atoms with Gasteiger partial charge >= 0.3 is 5.97 Å². The summed E-state index contributed by atoms with van der Waals surface area (Å²) in [5.74, 6) is -1.29. The summed E-state index contributed by atoms with van der Waals surface area (Å²) in [6, 6.07) is -0.382. The predicted octanol–water partition coefficient (Wildman–Crippen LogP) is 4.49. The molecule has 1 saturated carbocycles. The quantitative estimate of drug-likeness (QED) is 0.185. The summed E-state index contributed by atoms with van der Waals surface area (Å²) in [5.41, 5.74) is 0. The van der Waals surface area contributed by atoms with Crippen molar-refractivity contribution in [3.63, 3.8) is 0 Å². The Kier molecular flexibility index (Phi) is 10.4. The normalized spacial score (nSPS) is 30.3. The fraction of sp³-hybridized carbons (Fsp3) is 0.767. The Labute approximate surface area is 232 Å². The number of aliphatic hydroxyl groups is 1. The van der Waals surface area contributed by atoms with E-state index in [2.05, 4.69) is 13.2 Å². The first-order valence-corrected chi connectivity index (χ1v) is 15.7. The van der Waals surface area contributed by atoms with Crippen LogP contribution >= 0.6 is 11.8 Å². The van der Waals surface area contributed by atoms with E-state index >= 15 is 0 Å². The Bertz CT molecular complexity index is 875. The van der Waals surface area contributed by atoms with Crippen LogP contribution in [0.25, 0.3) is 0 Å². The molecule has 3 heterocycles. The van der Waals surface area contributed by atoms with Crippen molar-refractivity contribution in [3.05, 3.63) is 25.3 Å². The number of nitrogens with zero attached hydrogens (tertiary/aromatic N) is 2. The Morgan fingerprint density at radius 1 is 1.08 bits per heavy atom. The SMILES string of the molecule is C=CCCCCOC(=O)[C@@H]1[C@H]2C(=O)N(CCCCCO)C(C(=O)N(CC=C)C3CCCCC3)C23CC[C@H]1S3. The van der Waals surface area contributed by atoms with E-state index in [0.717, 1.165) is 70.6 Å². The number of likely N-dealkylation sites (tertiary alicyclic amines) is 1. The van der Waals surface area contributed by atoms with Crippen LogP contribution in [0.3, 0.4) is 0 Å². The number of carbonyl (C=O) groups excluding carboxylic acids is 3. The Morgan fingerprint density at radius 2 is 1.87 bits per heavy atom. The molecule has 5 atom stereocenters. The van der Waals surface area contributed by atoms with Gasteiger partial charge in [-0.05, 0) is 64.2 Å². The van der Waals surface area contributed by atoms with Gasteiger partial charge in [0.2, 0.25) is 11.8 Å². The fourth-order valence-corrected chi connectivity index (χ4v) is 9.48. The number of amides is 2. The molecule has 1 aliphatic carbocycles. The molecule has 2 bridgehead atoms. The number of allylic oxidation sites excluding steroid dienone is 1. The van der Waals surface area contributed by atoms with E-state index in [1.54, 1.807) is 17.8 Å². The maximum atomic E-state index is 14.5. The molecule has 4 fully saturated rings. The molecule has 2 amide bonds. The van der Waals surface area contributed by atoms with E-state index in [-0.39, 0.29) is 35.7 Å². The molecule has 3 aliphatic heterocycles. The van der Waals surface area contributed by atoms with Gasteiger partial charge in [-0.15, -0.1) is 24.9 Å². The first kappa shape index (κ1) is 29.2. The molecule has 2 unspecified atom stereocenters. The molecule has 0 aromatic rings. The largest absolute Gasteiger partial charge is 0.465 e. The molecule has 0 radical (unpaired) electrons. The lowest BCUT2D eigenvalue weighted by atomic mass is 9.71. The van der Waals surface area contributed by atoms with Gasteiger partial charge in [-0.25, -0.2) is 0 Å². The van der Waals surface area contributed by atoms with Gasteiger partial charge in [0.1, 0.15) is 6.04 Å². The molecule has 0 aromatic carbocycles. The molecule has 212 valence electrons. The first-order chi connectivity index (χ1) is 18.5. The smallest absolute Gasteiger partial charge is 0.310 e. The van der Waals surface area contributed by atoms with Crippen molar-refractivity contribution >= 4 is 29.5 Å². The standard InChI is InChI=1S/C30H46N2O5S/c1-3-5-6-13-21-37-29(36)24-23-16-17-30(38-23)25(24)27(34)32(19-11-8-12-20-33)26(30)28(35)31(18-4-2)22-14-9-7-10-15-22/h3-4,22-26,33H,1-2,5-21H2/t23-,24+,25+,26?,30?/m1/s1. The second kappa shape index (κ2) is 13.5. The highest BCUT2D eigenvalue weighted by atomic mass is 32.2. The second-order valence-electron chi connectivity index (χ2n) is 11.4. The molecule has 3 saturated heterocycles. The van der Waals surface area contributed by atoms with Gasteiger partial charge in [-0.2, -0.15) is 0 Å². The summed E-state index contributed by atoms with van der Waals surface area (Å²) >= 11 is 1.71. The zero-order chi connectivity index (χ0) is 27.1. The lowest BCUT2D eigenvalue weighted by Gasteiger charge is -2.41. The van der Waals surface area contributed by atoms with E-state index in [9.17, 15) is 19.5 Å². The van der Waals surface area contributed by atoms with E-state index in [4.69, 9.17) is 4.74 Å². The van der Waals surface area contributed by atoms with Crippen LogP contribution in [0, 0.1) is 11.8 Å². The Morgan fingerprint density at radius 3 is 2.58 bits per heavy atom. The van der Waals surface area contributed by atoms with Crippen molar-refractivity contribution < 1.29 is 24.2 Å². The zero-order valence-electron chi connectivity index (χ0n) is 22.9. The average molecular weight is 547 g/mol. The third kappa shape index (κ3) is 5.72. The van der Waals surface area contributed by atoms with Crippen molar-refractivity contribution in [1.29, 1.82) is 0 Å². The van der Waals surface area contributed by atoms with E-state index < -0.39 is 22.6 Å². The van der Waals surface area contributed by atoms with Gasteiger partial charge < -0.3 is 19.6 Å². The minimum Gasteiger partial charge on any atom is -0.465 e. The Balaban J connectivity index is 1.59. The maximum absolute atomic E-state index is 14.5. The third-order valence-electron chi connectivity index (χ3n) is 9.03. The topological polar surface area (TPSA) is 87.1 Å². The van der Waals surface area contributed by atoms with Gasteiger partial charge in [0.25, 0.3) is 0 Å². The van der Waals surface area contributed by atoms with Gasteiger partial charge in [0.05, 0.1) is 23.2 Å². The van der Waals surface area contributed by atoms with Crippen LogP contribution in [0.2, 0.25) is 0 Å². The molecule has 7 nitrogen and oxygen atoms in total. The van der Waals surface area contributed by atoms with Crippen molar-refractivity contribution in [3.8, 4) is 0 Å². The highest BCUT2D eigenvalue weighted by Gasteiger charge is 2.74. The molecule has 0 aromatic heterocycles. The number of rotatable bonds is 15. The van der Waals surface area contributed by atoms with Crippen LogP contribution in [-0.4, -0.2) is 81.1 Å². The number of fused-ring (bicyclic) bond motifs is 1. The van der Waals surface area contributed by atoms with Crippen LogP contribution in [0.5, 0.6) is 0 Å². The summed E-state index contributed by atoms with van der Waals surface area (Å²) < 4.78 is 5.14. The van der Waals surface area contributed by atoms with E-state index in [1.807, 2.05) is 15.9 Å². The predicted molar refractivity (Wildman–Crippen MR) is 151 cm³/mol. The fourth-order valence-electron chi connectivity index (χ4n) is 7.28. The molecular formula is C30H46N2O5S. The van der Waals surface area contributed by atoms with Crippen LogP contribution in [0.15, 0.2) is 25.3 Å². The van der Waals surface area contributed by atoms with Crippen molar-refractivity contribution in [2.24, 2.45) is 11.8 Å². The van der Waals surface area contributed by atoms with Gasteiger partial charge in [-0.1, -0.05) is 31.4 Å². The summed E-state index contributed by atoms with van der Waals surface area (Å²) in [6.45, 7) is 9.11. The van der Waals surface area contributed by atoms with Crippen LogP contribution < -0.4 is 0 Å². The second-order valence-corrected chi connectivity index (χ2v) is 13.0. The van der Waals surface area contributed by atoms with Crippen LogP contribution in [-0.2, 0) is 19.1 Å². The van der Waals surface area contributed by atoms with Crippen molar-refractivity contribution in [1.82, 2.24) is 9.80 Å². The molecule has 38 heavy (non-hydrogen) atoms. The highest BCUT2D eigenvalue weighted by Crippen LogP contribution is 2.66. The lowest BCUT2D eigenvalue weighted by molar-refractivity contribution is -0.154. The monoisotopic (exact) mass is 546 g/mol. The summed E-state index contributed by atoms with van der Waals surface area (Å²) in [6.07, 6.45) is 15.5. The number of unbranched alkanes of at least 4 members (excludes halogenated alkanes) is 4. The number of hydrogen-bond acceptors (Lipinski definition) is 6. The molecule has 4 rings (SSSR count). The van der Waals surface area contributed by atoms with Crippen molar-refractivity contribution in [2.75, 3.05) is 26.3 Å². The van der Waals surface area contributed by atoms with Crippen LogP contribution in [0.4, 0.5) is 0 Å². The molecule has 4 aliphatic rings. The van der Waals surface area contributed by atoms with Crippen LogP contribution in [0.1, 0.15) is 83.5 Å². The maximum Gasteiger partial charge on any atom is 0.310 e. The number of hydrogen-bond donors (Lipinski definition) is 1. The van der Waals surface area contributed by atoms with Gasteiger partial charge in [0.15, 0.2) is 0 Å². The summed E-state index contributed by atoms with van der Waals surface area (Å²) in [7, 11) is 0. The number of aliphatic hydroxyl groups excluding tert-OH is 1.